The zero-order valence-electron chi connectivity index (χ0n) is 8.33. The standard InChI is InChI=1S/C11H16N2S/c1-11(12)6-8-4-2-3-5-9(8)13-10(14)7-11/h2-5,10,13-14H,6-7,12H2,1H3. The monoisotopic (exact) mass is 208 g/mol. The number of benzene rings is 1. The van der Waals surface area contributed by atoms with Gasteiger partial charge in [0.25, 0.3) is 0 Å². The average Bonchev–Trinajstić information content (AvgIpc) is 2.16. The van der Waals surface area contributed by atoms with E-state index < -0.39 is 0 Å². The quantitative estimate of drug-likeness (QED) is 0.571. The summed E-state index contributed by atoms with van der Waals surface area (Å²) < 4.78 is 0. The minimum absolute atomic E-state index is 0.147. The van der Waals surface area contributed by atoms with E-state index in [4.69, 9.17) is 5.73 Å². The summed E-state index contributed by atoms with van der Waals surface area (Å²) >= 11 is 4.48. The Labute approximate surface area is 90.3 Å². The molecule has 0 saturated carbocycles. The van der Waals surface area contributed by atoms with Gasteiger partial charge in [-0.2, -0.15) is 12.6 Å². The zero-order chi connectivity index (χ0) is 10.2. The maximum absolute atomic E-state index is 6.19. The predicted octanol–water partition coefficient (Wildman–Crippen LogP) is 2.02. The molecule has 0 aliphatic carbocycles. The van der Waals surface area contributed by atoms with E-state index in [1.807, 2.05) is 6.07 Å². The Morgan fingerprint density at radius 3 is 3.00 bits per heavy atom. The van der Waals surface area contributed by atoms with Crippen LogP contribution >= 0.6 is 12.6 Å². The first-order valence-corrected chi connectivity index (χ1v) is 5.40. The topological polar surface area (TPSA) is 38.0 Å². The van der Waals surface area contributed by atoms with Gasteiger partial charge in [0.2, 0.25) is 0 Å². The summed E-state index contributed by atoms with van der Waals surface area (Å²) in [5.74, 6) is 0. The molecule has 3 N–H and O–H groups in total. The highest BCUT2D eigenvalue weighted by molar-refractivity contribution is 7.81. The SMILES string of the molecule is CC1(N)Cc2ccccc2NC(S)C1. The van der Waals surface area contributed by atoms with Crippen LogP contribution in [0.15, 0.2) is 24.3 Å². The number of rotatable bonds is 0. The number of hydrogen-bond donors (Lipinski definition) is 3. The maximum atomic E-state index is 6.19. The van der Waals surface area contributed by atoms with E-state index >= 15 is 0 Å². The third-order valence-electron chi connectivity index (χ3n) is 2.59. The third-order valence-corrected chi connectivity index (χ3v) is 2.91. The smallest absolute Gasteiger partial charge is 0.0710 e. The molecule has 3 heteroatoms. The number of hydrogen-bond acceptors (Lipinski definition) is 3. The van der Waals surface area contributed by atoms with E-state index in [2.05, 4.69) is 43.1 Å². The average molecular weight is 208 g/mol. The molecule has 76 valence electrons. The number of nitrogens with two attached hydrogens (primary N) is 1. The van der Waals surface area contributed by atoms with Crippen molar-refractivity contribution in [2.45, 2.75) is 30.7 Å². The molecule has 1 aromatic rings. The van der Waals surface area contributed by atoms with Gasteiger partial charge in [0, 0.05) is 11.2 Å². The highest BCUT2D eigenvalue weighted by Crippen LogP contribution is 2.29. The summed E-state index contributed by atoms with van der Waals surface area (Å²) in [6.07, 6.45) is 1.79. The Bertz CT molecular complexity index is 336. The Morgan fingerprint density at radius 2 is 2.21 bits per heavy atom. The number of para-hydroxylation sites is 1. The molecule has 1 aliphatic heterocycles. The summed E-state index contributed by atoms with van der Waals surface area (Å²) in [4.78, 5) is 0. The van der Waals surface area contributed by atoms with E-state index in [-0.39, 0.29) is 10.9 Å². The van der Waals surface area contributed by atoms with Gasteiger partial charge in [0.05, 0.1) is 5.37 Å². The largest absolute Gasteiger partial charge is 0.373 e. The highest BCUT2D eigenvalue weighted by Gasteiger charge is 2.27. The first-order valence-electron chi connectivity index (χ1n) is 4.88. The van der Waals surface area contributed by atoms with Crippen molar-refractivity contribution in [2.24, 2.45) is 5.73 Å². The van der Waals surface area contributed by atoms with Crippen LogP contribution in [0.4, 0.5) is 5.69 Å². The summed E-state index contributed by atoms with van der Waals surface area (Å²) in [5, 5.41) is 3.51. The third kappa shape index (κ3) is 2.04. The van der Waals surface area contributed by atoms with E-state index in [1.54, 1.807) is 0 Å². The second-order valence-electron chi connectivity index (χ2n) is 4.35. The minimum Gasteiger partial charge on any atom is -0.373 e. The van der Waals surface area contributed by atoms with Crippen molar-refractivity contribution in [3.63, 3.8) is 0 Å². The lowest BCUT2D eigenvalue weighted by Crippen LogP contribution is -2.40. The van der Waals surface area contributed by atoms with Crippen molar-refractivity contribution in [2.75, 3.05) is 5.32 Å². The van der Waals surface area contributed by atoms with Crippen LogP contribution in [0.1, 0.15) is 18.9 Å². The minimum atomic E-state index is -0.161. The molecule has 0 amide bonds. The number of anilines is 1. The van der Waals surface area contributed by atoms with Gasteiger partial charge in [-0.25, -0.2) is 0 Å². The van der Waals surface area contributed by atoms with E-state index in [1.165, 1.54) is 11.3 Å². The molecule has 2 rings (SSSR count). The van der Waals surface area contributed by atoms with Crippen LogP contribution in [-0.4, -0.2) is 10.9 Å². The molecule has 2 atom stereocenters. The van der Waals surface area contributed by atoms with Gasteiger partial charge in [0.1, 0.15) is 0 Å². The van der Waals surface area contributed by atoms with Crippen molar-refractivity contribution in [3.8, 4) is 0 Å². The molecule has 0 saturated heterocycles. The van der Waals surface area contributed by atoms with Crippen molar-refractivity contribution in [1.29, 1.82) is 0 Å². The fourth-order valence-electron chi connectivity index (χ4n) is 1.99. The molecule has 1 aliphatic rings. The Kier molecular flexibility index (Phi) is 2.45. The van der Waals surface area contributed by atoms with Crippen molar-refractivity contribution >= 4 is 18.3 Å². The molecule has 0 spiro atoms. The molecule has 2 nitrogen and oxygen atoms in total. The van der Waals surface area contributed by atoms with Crippen LogP contribution in [-0.2, 0) is 6.42 Å². The molecular formula is C11H16N2S. The van der Waals surface area contributed by atoms with Crippen LogP contribution in [0.2, 0.25) is 0 Å². The Morgan fingerprint density at radius 1 is 1.50 bits per heavy atom. The fourth-order valence-corrected chi connectivity index (χ4v) is 2.55. The maximum Gasteiger partial charge on any atom is 0.0710 e. The van der Waals surface area contributed by atoms with Crippen molar-refractivity contribution < 1.29 is 0 Å². The molecule has 0 radical (unpaired) electrons. The van der Waals surface area contributed by atoms with Crippen LogP contribution in [0, 0.1) is 0 Å². The first kappa shape index (κ1) is 9.87. The van der Waals surface area contributed by atoms with Gasteiger partial charge >= 0.3 is 0 Å². The van der Waals surface area contributed by atoms with Gasteiger partial charge in [-0.15, -0.1) is 0 Å². The molecular weight excluding hydrogens is 192 g/mol. The number of nitrogens with one attached hydrogen (secondary N) is 1. The lowest BCUT2D eigenvalue weighted by molar-refractivity contribution is 0.441. The highest BCUT2D eigenvalue weighted by atomic mass is 32.1. The molecule has 0 aromatic heterocycles. The number of thiol groups is 1. The predicted molar refractivity (Wildman–Crippen MR) is 63.8 cm³/mol. The van der Waals surface area contributed by atoms with E-state index in [0.29, 0.717) is 0 Å². The van der Waals surface area contributed by atoms with Gasteiger partial charge in [-0.3, -0.25) is 0 Å². The van der Waals surface area contributed by atoms with Crippen LogP contribution in [0.3, 0.4) is 0 Å². The first-order chi connectivity index (χ1) is 6.57. The van der Waals surface area contributed by atoms with Gasteiger partial charge in [-0.05, 0) is 31.4 Å². The lowest BCUT2D eigenvalue weighted by atomic mass is 9.91. The lowest BCUT2D eigenvalue weighted by Gasteiger charge is -2.24. The summed E-state index contributed by atoms with van der Waals surface area (Å²) in [7, 11) is 0. The van der Waals surface area contributed by atoms with Crippen LogP contribution < -0.4 is 11.1 Å². The fraction of sp³-hybridized carbons (Fsp3) is 0.455. The molecule has 1 heterocycles. The van der Waals surface area contributed by atoms with E-state index in [0.717, 1.165) is 12.8 Å². The second kappa shape index (κ2) is 3.48. The molecule has 1 aromatic carbocycles. The second-order valence-corrected chi connectivity index (χ2v) is 4.98. The molecule has 2 unspecified atom stereocenters. The summed E-state index contributed by atoms with van der Waals surface area (Å²) in [6, 6.07) is 8.29. The van der Waals surface area contributed by atoms with Gasteiger partial charge in [0.15, 0.2) is 0 Å². The normalized spacial score (nSPS) is 31.5. The molecule has 0 fully saturated rings. The Balaban J connectivity index is 2.37. The van der Waals surface area contributed by atoms with E-state index in [9.17, 15) is 0 Å². The van der Waals surface area contributed by atoms with Crippen molar-refractivity contribution in [1.82, 2.24) is 0 Å². The molecule has 0 bridgehead atoms. The van der Waals surface area contributed by atoms with Gasteiger partial charge in [-0.1, -0.05) is 18.2 Å². The van der Waals surface area contributed by atoms with Crippen LogP contribution in [0.25, 0.3) is 0 Å². The zero-order valence-corrected chi connectivity index (χ0v) is 9.22. The van der Waals surface area contributed by atoms with Crippen LogP contribution in [0.5, 0.6) is 0 Å². The van der Waals surface area contributed by atoms with Crippen molar-refractivity contribution in [3.05, 3.63) is 29.8 Å². The summed E-state index contributed by atoms with van der Waals surface area (Å²) in [6.45, 7) is 2.08. The molecule has 14 heavy (non-hydrogen) atoms. The Hall–Kier alpha value is -0.670. The summed E-state index contributed by atoms with van der Waals surface area (Å²) in [5.41, 5.74) is 8.49. The number of fused-ring (bicyclic) bond motifs is 1. The van der Waals surface area contributed by atoms with Gasteiger partial charge < -0.3 is 11.1 Å².